The van der Waals surface area contributed by atoms with E-state index in [0.717, 1.165) is 17.0 Å². The largest absolute Gasteiger partial charge is 0.474 e. The SMILES string of the molecule is CC(C)c1cccc(C(C)C)c1/N=C(/C1=N[C@@H](C(C)C)CO1)c1ccccc1. The summed E-state index contributed by atoms with van der Waals surface area (Å²) >= 11 is 0. The van der Waals surface area contributed by atoms with E-state index in [9.17, 15) is 0 Å². The predicted molar refractivity (Wildman–Crippen MR) is 119 cm³/mol. The highest BCUT2D eigenvalue weighted by atomic mass is 16.5. The fourth-order valence-corrected chi connectivity index (χ4v) is 3.45. The van der Waals surface area contributed by atoms with Crippen LogP contribution in [0.3, 0.4) is 0 Å². The maximum Gasteiger partial charge on any atom is 0.236 e. The lowest BCUT2D eigenvalue weighted by molar-refractivity contribution is 0.294. The molecule has 0 bridgehead atoms. The van der Waals surface area contributed by atoms with E-state index in [4.69, 9.17) is 14.7 Å². The maximum absolute atomic E-state index is 6.04. The lowest BCUT2D eigenvalue weighted by Crippen LogP contribution is -2.16. The number of ether oxygens (including phenoxy) is 1. The summed E-state index contributed by atoms with van der Waals surface area (Å²) in [6.07, 6.45) is 0. The normalized spacial score (nSPS) is 17.4. The standard InChI is InChI=1S/C25H32N2O/c1-16(2)20-13-10-14-21(17(3)4)24(20)27-23(19-11-8-7-9-12-19)25-26-22(15-28-25)18(5)6/h7-14,16-18,22H,15H2,1-6H3/b27-23+/t22-/m1/s1. The van der Waals surface area contributed by atoms with Gasteiger partial charge in [-0.15, -0.1) is 0 Å². The molecule has 0 saturated carbocycles. The van der Waals surface area contributed by atoms with Crippen LogP contribution in [0.1, 0.15) is 70.1 Å². The molecule has 0 radical (unpaired) electrons. The van der Waals surface area contributed by atoms with Gasteiger partial charge in [0.2, 0.25) is 5.90 Å². The van der Waals surface area contributed by atoms with Crippen molar-refractivity contribution in [3.05, 3.63) is 65.2 Å². The van der Waals surface area contributed by atoms with Crippen LogP contribution in [0.15, 0.2) is 58.5 Å². The summed E-state index contributed by atoms with van der Waals surface area (Å²) in [7, 11) is 0. The van der Waals surface area contributed by atoms with Gasteiger partial charge in [0.1, 0.15) is 12.3 Å². The quantitative estimate of drug-likeness (QED) is 0.529. The fraction of sp³-hybridized carbons (Fsp3) is 0.440. The first-order valence-corrected chi connectivity index (χ1v) is 10.4. The second-order valence-electron chi connectivity index (χ2n) is 8.48. The van der Waals surface area contributed by atoms with Crippen LogP contribution in [0, 0.1) is 5.92 Å². The van der Waals surface area contributed by atoms with Gasteiger partial charge in [-0.3, -0.25) is 0 Å². The molecule has 0 N–H and O–H groups in total. The zero-order chi connectivity index (χ0) is 20.3. The van der Waals surface area contributed by atoms with E-state index in [1.807, 2.05) is 18.2 Å². The van der Waals surface area contributed by atoms with Crippen molar-refractivity contribution < 1.29 is 4.74 Å². The lowest BCUT2D eigenvalue weighted by Gasteiger charge is -2.18. The van der Waals surface area contributed by atoms with Crippen molar-refractivity contribution in [1.82, 2.24) is 0 Å². The van der Waals surface area contributed by atoms with E-state index in [-0.39, 0.29) is 6.04 Å². The molecule has 3 heteroatoms. The van der Waals surface area contributed by atoms with Gasteiger partial charge < -0.3 is 4.74 Å². The Morgan fingerprint density at radius 3 is 2.00 bits per heavy atom. The Bertz CT molecular complexity index is 837. The molecule has 0 aliphatic carbocycles. The minimum Gasteiger partial charge on any atom is -0.474 e. The maximum atomic E-state index is 6.04. The summed E-state index contributed by atoms with van der Waals surface area (Å²) in [5.41, 5.74) is 5.46. The van der Waals surface area contributed by atoms with Crippen LogP contribution in [0.5, 0.6) is 0 Å². The minimum absolute atomic E-state index is 0.189. The number of aliphatic imine (C=N–C) groups is 2. The molecule has 0 amide bonds. The molecule has 2 aromatic carbocycles. The van der Waals surface area contributed by atoms with Crippen molar-refractivity contribution in [2.45, 2.75) is 59.4 Å². The number of rotatable bonds is 6. The van der Waals surface area contributed by atoms with E-state index >= 15 is 0 Å². The van der Waals surface area contributed by atoms with Crippen molar-refractivity contribution in [1.29, 1.82) is 0 Å². The van der Waals surface area contributed by atoms with E-state index in [0.29, 0.717) is 30.3 Å². The van der Waals surface area contributed by atoms with Gasteiger partial charge in [-0.05, 0) is 28.9 Å². The predicted octanol–water partition coefficient (Wildman–Crippen LogP) is 6.51. The molecule has 1 heterocycles. The molecule has 0 spiro atoms. The fourth-order valence-electron chi connectivity index (χ4n) is 3.45. The molecule has 1 aliphatic rings. The third-order valence-corrected chi connectivity index (χ3v) is 5.26. The summed E-state index contributed by atoms with van der Waals surface area (Å²) in [6, 6.07) is 17.0. The van der Waals surface area contributed by atoms with Crippen molar-refractivity contribution in [2.75, 3.05) is 6.61 Å². The van der Waals surface area contributed by atoms with Crippen LogP contribution in [-0.2, 0) is 4.74 Å². The van der Waals surface area contributed by atoms with Crippen LogP contribution in [0.25, 0.3) is 0 Å². The molecule has 3 rings (SSSR count). The van der Waals surface area contributed by atoms with Gasteiger partial charge in [0.05, 0.1) is 11.7 Å². The summed E-state index contributed by atoms with van der Waals surface area (Å²) < 4.78 is 6.04. The van der Waals surface area contributed by atoms with Gasteiger partial charge in [0, 0.05) is 5.56 Å². The molecule has 1 aliphatic heterocycles. The average molecular weight is 377 g/mol. The van der Waals surface area contributed by atoms with Gasteiger partial charge >= 0.3 is 0 Å². The van der Waals surface area contributed by atoms with E-state index in [1.54, 1.807) is 0 Å². The molecule has 1 atom stereocenters. The second kappa shape index (κ2) is 8.72. The number of nitrogens with zero attached hydrogens (tertiary/aromatic N) is 2. The summed E-state index contributed by atoms with van der Waals surface area (Å²) in [5.74, 6) is 1.90. The van der Waals surface area contributed by atoms with Gasteiger partial charge in [-0.2, -0.15) is 0 Å². The summed E-state index contributed by atoms with van der Waals surface area (Å²) in [4.78, 5) is 10.1. The van der Waals surface area contributed by atoms with Crippen molar-refractivity contribution in [3.63, 3.8) is 0 Å². The highest BCUT2D eigenvalue weighted by molar-refractivity contribution is 6.46. The molecule has 3 nitrogen and oxygen atoms in total. The molecule has 0 fully saturated rings. The molecule has 0 unspecified atom stereocenters. The average Bonchev–Trinajstić information content (AvgIpc) is 3.16. The first-order valence-electron chi connectivity index (χ1n) is 10.4. The monoisotopic (exact) mass is 376 g/mol. The first-order chi connectivity index (χ1) is 13.4. The third-order valence-electron chi connectivity index (χ3n) is 5.26. The van der Waals surface area contributed by atoms with E-state index in [1.165, 1.54) is 11.1 Å². The van der Waals surface area contributed by atoms with E-state index < -0.39 is 0 Å². The summed E-state index contributed by atoms with van der Waals surface area (Å²) in [5, 5.41) is 0. The van der Waals surface area contributed by atoms with Crippen LogP contribution in [-0.4, -0.2) is 24.3 Å². The highest BCUT2D eigenvalue weighted by Gasteiger charge is 2.26. The van der Waals surface area contributed by atoms with Crippen LogP contribution in [0.4, 0.5) is 5.69 Å². The van der Waals surface area contributed by atoms with Crippen LogP contribution in [0.2, 0.25) is 0 Å². The number of hydrogen-bond donors (Lipinski definition) is 0. The Morgan fingerprint density at radius 1 is 0.893 bits per heavy atom. The third kappa shape index (κ3) is 4.35. The van der Waals surface area contributed by atoms with Gasteiger partial charge in [-0.25, -0.2) is 9.98 Å². The zero-order valence-corrected chi connectivity index (χ0v) is 17.9. The van der Waals surface area contributed by atoms with Gasteiger partial charge in [0.15, 0.2) is 0 Å². The Hall–Kier alpha value is -2.42. The van der Waals surface area contributed by atoms with Crippen LogP contribution >= 0.6 is 0 Å². The van der Waals surface area contributed by atoms with Crippen molar-refractivity contribution >= 4 is 17.3 Å². The number of benzene rings is 2. The smallest absolute Gasteiger partial charge is 0.236 e. The lowest BCUT2D eigenvalue weighted by atomic mass is 9.92. The number of hydrogen-bond acceptors (Lipinski definition) is 3. The Kier molecular flexibility index (Phi) is 6.33. The van der Waals surface area contributed by atoms with E-state index in [2.05, 4.69) is 71.9 Å². The molecule has 28 heavy (non-hydrogen) atoms. The highest BCUT2D eigenvalue weighted by Crippen LogP contribution is 2.35. The first kappa shape index (κ1) is 20.3. The number of para-hydroxylation sites is 1. The Morgan fingerprint density at radius 2 is 1.50 bits per heavy atom. The van der Waals surface area contributed by atoms with Crippen LogP contribution < -0.4 is 0 Å². The summed E-state index contributed by atoms with van der Waals surface area (Å²) in [6.45, 7) is 13.9. The zero-order valence-electron chi connectivity index (χ0n) is 17.9. The topological polar surface area (TPSA) is 34.0 Å². The van der Waals surface area contributed by atoms with Gasteiger partial charge in [-0.1, -0.05) is 90.1 Å². The Balaban J connectivity index is 2.20. The van der Waals surface area contributed by atoms with Crippen molar-refractivity contribution in [2.24, 2.45) is 15.9 Å². The molecule has 0 saturated heterocycles. The van der Waals surface area contributed by atoms with Gasteiger partial charge in [0.25, 0.3) is 0 Å². The molecular weight excluding hydrogens is 344 g/mol. The molecular formula is C25H32N2O. The molecule has 2 aromatic rings. The minimum atomic E-state index is 0.189. The second-order valence-corrected chi connectivity index (χ2v) is 8.48. The Labute approximate surface area is 169 Å². The molecule has 148 valence electrons. The molecule has 0 aromatic heterocycles. The van der Waals surface area contributed by atoms with Crippen molar-refractivity contribution in [3.8, 4) is 0 Å².